The van der Waals surface area contributed by atoms with Crippen LogP contribution >= 0.6 is 0 Å². The Kier molecular flexibility index (Phi) is 3.73. The van der Waals surface area contributed by atoms with Crippen LogP contribution in [0.5, 0.6) is 0 Å². The fraction of sp³-hybridized carbons (Fsp3) is 0.167. The molecule has 3 heteroatoms. The minimum Gasteiger partial charge on any atom is -0.299 e. The fourth-order valence-corrected chi connectivity index (χ4v) is 2.63. The number of carbonyl (C=O) groups excluding carboxylic acids is 1. The van der Waals surface area contributed by atoms with Crippen LogP contribution < -0.4 is 5.43 Å². The summed E-state index contributed by atoms with van der Waals surface area (Å²) in [5.41, 5.74) is 7.17. The molecule has 0 unspecified atom stereocenters. The van der Waals surface area contributed by atoms with Crippen molar-refractivity contribution in [1.29, 1.82) is 0 Å². The predicted molar refractivity (Wildman–Crippen MR) is 85.4 cm³/mol. The third-order valence-corrected chi connectivity index (χ3v) is 3.71. The van der Waals surface area contributed by atoms with Gasteiger partial charge in [-0.15, -0.1) is 0 Å². The second-order valence-corrected chi connectivity index (χ2v) is 5.13. The minimum absolute atomic E-state index is 0.213. The zero-order chi connectivity index (χ0) is 14.7. The summed E-state index contributed by atoms with van der Waals surface area (Å²) in [7, 11) is 0. The number of benzene rings is 2. The molecule has 0 radical (unpaired) electrons. The molecule has 1 N–H and O–H groups in total. The smallest absolute Gasteiger partial charge is 0.167 e. The number of nitrogens with one attached hydrogen (secondary N) is 1. The Morgan fingerprint density at radius 1 is 0.952 bits per heavy atom. The molecule has 2 aromatic rings. The van der Waals surface area contributed by atoms with E-state index >= 15 is 0 Å². The van der Waals surface area contributed by atoms with Gasteiger partial charge in [-0.05, 0) is 24.6 Å². The molecular weight excluding hydrogens is 260 g/mol. The van der Waals surface area contributed by atoms with Crippen LogP contribution in [0.3, 0.4) is 0 Å². The van der Waals surface area contributed by atoms with Gasteiger partial charge in [0, 0.05) is 24.2 Å². The monoisotopic (exact) mass is 278 g/mol. The maximum Gasteiger partial charge on any atom is 0.167 e. The van der Waals surface area contributed by atoms with Crippen molar-refractivity contribution in [3.05, 3.63) is 71.9 Å². The lowest BCUT2D eigenvalue weighted by Gasteiger charge is -2.32. The van der Waals surface area contributed by atoms with Crippen molar-refractivity contribution in [1.82, 2.24) is 5.01 Å². The van der Waals surface area contributed by atoms with Crippen LogP contribution in [0.2, 0.25) is 0 Å². The van der Waals surface area contributed by atoms with Crippen molar-refractivity contribution in [3.8, 4) is 0 Å². The van der Waals surface area contributed by atoms with Crippen molar-refractivity contribution in [2.75, 3.05) is 12.0 Å². The lowest BCUT2D eigenvalue weighted by atomic mass is 9.95. The first-order valence-electron chi connectivity index (χ1n) is 7.14. The van der Waals surface area contributed by atoms with Gasteiger partial charge < -0.3 is 0 Å². The summed E-state index contributed by atoms with van der Waals surface area (Å²) in [4.78, 5) is 12.3. The van der Waals surface area contributed by atoms with E-state index in [-0.39, 0.29) is 5.78 Å². The molecule has 0 saturated carbocycles. The van der Waals surface area contributed by atoms with Crippen LogP contribution in [0.1, 0.15) is 18.9 Å². The summed E-state index contributed by atoms with van der Waals surface area (Å²) >= 11 is 0. The number of hydrogen-bond donors (Lipinski definition) is 1. The molecule has 3 rings (SSSR count). The maximum atomic E-state index is 12.3. The number of nitrogens with zero attached hydrogens (tertiary/aromatic N) is 1. The zero-order valence-corrected chi connectivity index (χ0v) is 12.0. The van der Waals surface area contributed by atoms with Gasteiger partial charge in [-0.3, -0.25) is 15.2 Å². The van der Waals surface area contributed by atoms with Gasteiger partial charge in [0.25, 0.3) is 0 Å². The van der Waals surface area contributed by atoms with E-state index in [4.69, 9.17) is 0 Å². The Morgan fingerprint density at radius 3 is 2.24 bits per heavy atom. The third kappa shape index (κ3) is 2.82. The van der Waals surface area contributed by atoms with Gasteiger partial charge in [0.1, 0.15) is 0 Å². The average Bonchev–Trinajstić information content (AvgIpc) is 2.52. The summed E-state index contributed by atoms with van der Waals surface area (Å²) in [6, 6.07) is 19.9. The van der Waals surface area contributed by atoms with Crippen LogP contribution in [0.15, 0.2) is 66.4 Å². The Balaban J connectivity index is 1.93. The Morgan fingerprint density at radius 2 is 1.57 bits per heavy atom. The van der Waals surface area contributed by atoms with Gasteiger partial charge in [-0.25, -0.2) is 0 Å². The van der Waals surface area contributed by atoms with E-state index in [9.17, 15) is 4.79 Å². The molecule has 0 saturated heterocycles. The van der Waals surface area contributed by atoms with Crippen molar-refractivity contribution in [2.24, 2.45) is 0 Å². The number of hydrogen-bond acceptors (Lipinski definition) is 3. The van der Waals surface area contributed by atoms with E-state index in [2.05, 4.69) is 10.4 Å². The number of Topliss-reactive ketones (excluding diaryl/α,β-unsaturated/α-hetero) is 1. The molecule has 21 heavy (non-hydrogen) atoms. The summed E-state index contributed by atoms with van der Waals surface area (Å²) in [6.45, 7) is 2.69. The highest BCUT2D eigenvalue weighted by Gasteiger charge is 2.24. The van der Waals surface area contributed by atoms with Crippen LogP contribution in [-0.2, 0) is 4.79 Å². The molecule has 106 valence electrons. The van der Waals surface area contributed by atoms with Gasteiger partial charge in [0.15, 0.2) is 5.78 Å². The van der Waals surface area contributed by atoms with Gasteiger partial charge in [0.2, 0.25) is 0 Å². The Labute approximate surface area is 124 Å². The van der Waals surface area contributed by atoms with E-state index in [1.807, 2.05) is 67.6 Å². The maximum absolute atomic E-state index is 12.3. The average molecular weight is 278 g/mol. The van der Waals surface area contributed by atoms with Crippen LogP contribution in [-0.4, -0.2) is 17.3 Å². The lowest BCUT2D eigenvalue weighted by Crippen LogP contribution is -2.35. The molecule has 0 spiro atoms. The quantitative estimate of drug-likeness (QED) is 0.928. The first-order valence-corrected chi connectivity index (χ1v) is 7.14. The van der Waals surface area contributed by atoms with Crippen LogP contribution in [0, 0.1) is 0 Å². The molecule has 0 bridgehead atoms. The van der Waals surface area contributed by atoms with Crippen molar-refractivity contribution >= 4 is 17.0 Å². The zero-order valence-electron chi connectivity index (χ0n) is 12.0. The number of ketones is 1. The molecule has 0 fully saturated rings. The van der Waals surface area contributed by atoms with Gasteiger partial charge in [-0.2, -0.15) is 0 Å². The highest BCUT2D eigenvalue weighted by atomic mass is 16.1. The summed E-state index contributed by atoms with van der Waals surface area (Å²) in [5.74, 6) is 0.213. The fourth-order valence-electron chi connectivity index (χ4n) is 2.63. The van der Waals surface area contributed by atoms with E-state index in [1.165, 1.54) is 0 Å². The summed E-state index contributed by atoms with van der Waals surface area (Å²) in [6.07, 6.45) is 0.529. The molecule has 3 nitrogen and oxygen atoms in total. The molecule has 0 atom stereocenters. The minimum atomic E-state index is 0.213. The predicted octanol–water partition coefficient (Wildman–Crippen LogP) is 3.72. The van der Waals surface area contributed by atoms with Crippen molar-refractivity contribution in [3.63, 3.8) is 0 Å². The highest BCUT2D eigenvalue weighted by molar-refractivity contribution is 6.22. The summed E-state index contributed by atoms with van der Waals surface area (Å²) in [5, 5.41) is 2.05. The number of anilines is 1. The molecule has 0 amide bonds. The first kappa shape index (κ1) is 13.4. The van der Waals surface area contributed by atoms with E-state index in [0.717, 1.165) is 22.5 Å². The standard InChI is InChI=1S/C18H18N2O/c1-14-18(15-8-4-2-5-9-15)17(21)12-13-20(14)19-16-10-6-3-7-11-16/h2-11,19H,12-13H2,1H3. The second kappa shape index (κ2) is 5.83. The molecule has 1 aliphatic rings. The molecule has 1 aliphatic heterocycles. The third-order valence-electron chi connectivity index (χ3n) is 3.71. The number of allylic oxidation sites excluding steroid dienone is 2. The van der Waals surface area contributed by atoms with Crippen LogP contribution in [0.4, 0.5) is 5.69 Å². The summed E-state index contributed by atoms with van der Waals surface area (Å²) < 4.78 is 0. The van der Waals surface area contributed by atoms with Gasteiger partial charge in [-0.1, -0.05) is 48.5 Å². The van der Waals surface area contributed by atoms with E-state index < -0.39 is 0 Å². The second-order valence-electron chi connectivity index (χ2n) is 5.13. The molecular formula is C18H18N2O. The van der Waals surface area contributed by atoms with Crippen molar-refractivity contribution in [2.45, 2.75) is 13.3 Å². The van der Waals surface area contributed by atoms with E-state index in [1.54, 1.807) is 0 Å². The number of hydrazine groups is 1. The van der Waals surface area contributed by atoms with Crippen molar-refractivity contribution < 1.29 is 4.79 Å². The Hall–Kier alpha value is -2.55. The molecule has 0 aliphatic carbocycles. The SMILES string of the molecule is CC1=C(c2ccccc2)C(=O)CCN1Nc1ccccc1. The topological polar surface area (TPSA) is 32.3 Å². The lowest BCUT2D eigenvalue weighted by molar-refractivity contribution is -0.114. The van der Waals surface area contributed by atoms with Crippen LogP contribution in [0.25, 0.3) is 5.57 Å². The first-order chi connectivity index (χ1) is 10.3. The van der Waals surface area contributed by atoms with E-state index in [0.29, 0.717) is 13.0 Å². The normalized spacial score (nSPS) is 15.3. The Bertz CT molecular complexity index is 662. The number of carbonyl (C=O) groups is 1. The number of rotatable bonds is 3. The van der Waals surface area contributed by atoms with Gasteiger partial charge in [0.05, 0.1) is 5.69 Å². The highest BCUT2D eigenvalue weighted by Crippen LogP contribution is 2.28. The van der Waals surface area contributed by atoms with Gasteiger partial charge >= 0.3 is 0 Å². The molecule has 1 heterocycles. The molecule has 0 aromatic heterocycles. The number of para-hydroxylation sites is 1. The largest absolute Gasteiger partial charge is 0.299 e. The molecule has 2 aromatic carbocycles.